The van der Waals surface area contributed by atoms with E-state index in [-0.39, 0.29) is 34.6 Å². The van der Waals surface area contributed by atoms with E-state index in [1.54, 1.807) is 6.07 Å². The van der Waals surface area contributed by atoms with Gasteiger partial charge in [0.05, 0.1) is 11.6 Å². The van der Waals surface area contributed by atoms with Crippen molar-refractivity contribution in [3.8, 4) is 17.6 Å². The van der Waals surface area contributed by atoms with E-state index in [0.717, 1.165) is 18.2 Å². The number of nitriles is 1. The summed E-state index contributed by atoms with van der Waals surface area (Å²) in [6.07, 6.45) is -1.34. The van der Waals surface area contributed by atoms with Crippen molar-refractivity contribution in [3.63, 3.8) is 0 Å². The molecule has 0 aromatic heterocycles. The van der Waals surface area contributed by atoms with Gasteiger partial charge in [-0.3, -0.25) is 0 Å². The molecule has 2 aromatic rings. The topological polar surface area (TPSA) is 33.0 Å². The van der Waals surface area contributed by atoms with Gasteiger partial charge in [-0.05, 0) is 48.7 Å². The molecule has 130 valence electrons. The minimum absolute atomic E-state index is 0.0114. The number of hydrogen-bond donors (Lipinski definition) is 0. The lowest BCUT2D eigenvalue weighted by atomic mass is 9.97. The van der Waals surface area contributed by atoms with Gasteiger partial charge in [-0.15, -0.1) is 0 Å². The summed E-state index contributed by atoms with van der Waals surface area (Å²) in [6, 6.07) is 7.15. The standard InChI is InChI=1S/C18H12F5NO/c1-10-14-4-5-17(20,21)18(22,23)15(10)2-3-16(14)25-13-7-11(9-24)6-12(19)8-13/h2-3,6-8H,4-5H2,1H3. The molecule has 0 unspecified atom stereocenters. The van der Waals surface area contributed by atoms with Crippen molar-refractivity contribution in [2.45, 2.75) is 31.6 Å². The van der Waals surface area contributed by atoms with Crippen molar-refractivity contribution < 1.29 is 26.7 Å². The molecule has 7 heteroatoms. The molecule has 2 nitrogen and oxygen atoms in total. The van der Waals surface area contributed by atoms with Crippen molar-refractivity contribution >= 4 is 0 Å². The summed E-state index contributed by atoms with van der Waals surface area (Å²) in [5.41, 5.74) is -0.477. The zero-order valence-electron chi connectivity index (χ0n) is 13.0. The number of halogens is 5. The minimum atomic E-state index is -4.27. The molecule has 0 fully saturated rings. The van der Waals surface area contributed by atoms with Gasteiger partial charge < -0.3 is 4.74 Å². The van der Waals surface area contributed by atoms with E-state index in [9.17, 15) is 22.0 Å². The number of benzene rings is 2. The summed E-state index contributed by atoms with van der Waals surface area (Å²) in [5, 5.41) is 8.86. The molecule has 2 aromatic carbocycles. The number of hydrogen-bond acceptors (Lipinski definition) is 2. The molecule has 2 bridgehead atoms. The molecule has 0 saturated heterocycles. The fraction of sp³-hybridized carbons (Fsp3) is 0.278. The van der Waals surface area contributed by atoms with Gasteiger partial charge >= 0.3 is 11.8 Å². The molecule has 0 amide bonds. The Kier molecular flexibility index (Phi) is 3.94. The van der Waals surface area contributed by atoms with E-state index in [0.29, 0.717) is 0 Å². The number of rotatable bonds is 2. The van der Waals surface area contributed by atoms with Crippen molar-refractivity contribution in [2.24, 2.45) is 0 Å². The van der Waals surface area contributed by atoms with E-state index in [1.165, 1.54) is 19.1 Å². The third-order valence-electron chi connectivity index (χ3n) is 4.27. The molecule has 25 heavy (non-hydrogen) atoms. The van der Waals surface area contributed by atoms with E-state index in [2.05, 4.69) is 0 Å². The molecule has 0 atom stereocenters. The van der Waals surface area contributed by atoms with Crippen molar-refractivity contribution in [3.05, 3.63) is 58.4 Å². The highest BCUT2D eigenvalue weighted by atomic mass is 19.3. The predicted molar refractivity (Wildman–Crippen MR) is 79.5 cm³/mol. The normalized spacial score (nSPS) is 17.5. The van der Waals surface area contributed by atoms with Crippen LogP contribution in [0.4, 0.5) is 22.0 Å². The highest BCUT2D eigenvalue weighted by Crippen LogP contribution is 2.51. The Morgan fingerprint density at radius 3 is 2.52 bits per heavy atom. The average Bonchev–Trinajstić information content (AvgIpc) is 2.56. The maximum atomic E-state index is 14.1. The Labute approximate surface area is 140 Å². The molecule has 0 N–H and O–H groups in total. The number of nitrogens with zero attached hydrogens (tertiary/aromatic N) is 1. The first kappa shape index (κ1) is 17.2. The van der Waals surface area contributed by atoms with Crippen LogP contribution in [0.1, 0.15) is 28.7 Å². The Morgan fingerprint density at radius 1 is 1.12 bits per heavy atom. The molecule has 0 heterocycles. The third-order valence-corrected chi connectivity index (χ3v) is 4.27. The monoisotopic (exact) mass is 353 g/mol. The number of fused-ring (bicyclic) bond motifs is 2. The Hall–Kier alpha value is -2.62. The summed E-state index contributed by atoms with van der Waals surface area (Å²) in [6.45, 7) is 1.33. The van der Waals surface area contributed by atoms with Crippen LogP contribution in [-0.2, 0) is 12.3 Å². The highest BCUT2D eigenvalue weighted by molar-refractivity contribution is 5.50. The summed E-state index contributed by atoms with van der Waals surface area (Å²) in [5.74, 6) is -9.07. The van der Waals surface area contributed by atoms with E-state index in [4.69, 9.17) is 10.00 Å². The largest absolute Gasteiger partial charge is 0.457 e. The third kappa shape index (κ3) is 2.82. The first-order valence-electron chi connectivity index (χ1n) is 7.43. The van der Waals surface area contributed by atoms with Crippen LogP contribution in [0.15, 0.2) is 30.3 Å². The maximum Gasteiger partial charge on any atom is 0.335 e. The van der Waals surface area contributed by atoms with Gasteiger partial charge in [-0.25, -0.2) is 4.39 Å². The lowest BCUT2D eigenvalue weighted by Crippen LogP contribution is -2.37. The first-order valence-corrected chi connectivity index (χ1v) is 7.43. The molecule has 1 aliphatic rings. The van der Waals surface area contributed by atoms with E-state index < -0.39 is 29.6 Å². The van der Waals surface area contributed by atoms with Crippen molar-refractivity contribution in [1.29, 1.82) is 5.26 Å². The SMILES string of the molecule is Cc1c2ccc(Oc3cc(F)cc(C#N)c3)c1CCC(F)(F)C2(F)F. The Bertz CT molecular complexity index is 886. The fourth-order valence-electron chi connectivity index (χ4n) is 2.93. The summed E-state index contributed by atoms with van der Waals surface area (Å²) in [7, 11) is 0. The van der Waals surface area contributed by atoms with E-state index >= 15 is 0 Å². The average molecular weight is 353 g/mol. The van der Waals surface area contributed by atoms with Gasteiger partial charge in [0.25, 0.3) is 0 Å². The van der Waals surface area contributed by atoms with Crippen LogP contribution >= 0.6 is 0 Å². The quantitative estimate of drug-likeness (QED) is 0.671. The lowest BCUT2D eigenvalue weighted by Gasteiger charge is -2.25. The van der Waals surface area contributed by atoms with Gasteiger partial charge in [0, 0.05) is 18.1 Å². The molecule has 0 spiro atoms. The fourth-order valence-corrected chi connectivity index (χ4v) is 2.93. The molecule has 0 aliphatic heterocycles. The second-order valence-electron chi connectivity index (χ2n) is 5.88. The summed E-state index contributed by atoms with van der Waals surface area (Å²) >= 11 is 0. The van der Waals surface area contributed by atoms with Gasteiger partial charge in [-0.1, -0.05) is 0 Å². The molecule has 1 aliphatic carbocycles. The van der Waals surface area contributed by atoms with Crippen LogP contribution in [-0.4, -0.2) is 5.92 Å². The van der Waals surface area contributed by atoms with Crippen LogP contribution in [0.3, 0.4) is 0 Å². The van der Waals surface area contributed by atoms with Crippen molar-refractivity contribution in [2.75, 3.05) is 0 Å². The summed E-state index contributed by atoms with van der Waals surface area (Å²) < 4.78 is 74.7. The zero-order valence-corrected chi connectivity index (χ0v) is 13.0. The van der Waals surface area contributed by atoms with Gasteiger partial charge in [0.1, 0.15) is 17.3 Å². The lowest BCUT2D eigenvalue weighted by molar-refractivity contribution is -0.217. The van der Waals surface area contributed by atoms with Crippen LogP contribution < -0.4 is 4.74 Å². The van der Waals surface area contributed by atoms with Crippen LogP contribution in [0.2, 0.25) is 0 Å². The van der Waals surface area contributed by atoms with E-state index in [1.807, 2.05) is 0 Å². The first-order chi connectivity index (χ1) is 11.7. The zero-order chi connectivity index (χ0) is 18.4. The van der Waals surface area contributed by atoms with Gasteiger partial charge in [0.15, 0.2) is 0 Å². The number of alkyl halides is 4. The van der Waals surface area contributed by atoms with Crippen LogP contribution in [0.25, 0.3) is 0 Å². The molecule has 3 rings (SSSR count). The minimum Gasteiger partial charge on any atom is -0.457 e. The molecular weight excluding hydrogens is 341 g/mol. The van der Waals surface area contributed by atoms with Gasteiger partial charge in [-0.2, -0.15) is 22.8 Å². The second kappa shape index (κ2) is 5.73. The van der Waals surface area contributed by atoms with Crippen LogP contribution in [0.5, 0.6) is 11.5 Å². The molecule has 0 radical (unpaired) electrons. The Balaban J connectivity index is 2.06. The molecule has 0 saturated carbocycles. The highest BCUT2D eigenvalue weighted by Gasteiger charge is 2.58. The van der Waals surface area contributed by atoms with Crippen molar-refractivity contribution in [1.82, 2.24) is 0 Å². The Morgan fingerprint density at radius 2 is 1.84 bits per heavy atom. The smallest absolute Gasteiger partial charge is 0.335 e. The maximum absolute atomic E-state index is 14.1. The summed E-state index contributed by atoms with van der Waals surface area (Å²) in [4.78, 5) is 0. The predicted octanol–water partition coefficient (Wildman–Crippen LogP) is 5.47. The second-order valence-corrected chi connectivity index (χ2v) is 5.88. The molecular formula is C18H12F5NO. The van der Waals surface area contributed by atoms with Crippen LogP contribution in [0, 0.1) is 24.1 Å². The van der Waals surface area contributed by atoms with Gasteiger partial charge in [0.2, 0.25) is 0 Å². The number of ether oxygens (including phenoxy) is 1.